The molecule has 0 spiro atoms. The van der Waals surface area contributed by atoms with Crippen LogP contribution in [0.3, 0.4) is 0 Å². The molecule has 0 aliphatic carbocycles. The van der Waals surface area contributed by atoms with Crippen LogP contribution in [0.4, 0.5) is 4.39 Å². The van der Waals surface area contributed by atoms with Gasteiger partial charge in [0.1, 0.15) is 5.82 Å². The third-order valence-electron chi connectivity index (χ3n) is 2.98. The highest BCUT2D eigenvalue weighted by Crippen LogP contribution is 2.15. The first kappa shape index (κ1) is 13.5. The van der Waals surface area contributed by atoms with Crippen molar-refractivity contribution in [2.75, 3.05) is 19.7 Å². The Hall–Kier alpha value is -1.95. The van der Waals surface area contributed by atoms with E-state index in [0.717, 1.165) is 5.56 Å². The van der Waals surface area contributed by atoms with E-state index < -0.39 is 23.8 Å². The summed E-state index contributed by atoms with van der Waals surface area (Å²) in [5.41, 5.74) is 0.735. The number of rotatable bonds is 2. The van der Waals surface area contributed by atoms with Gasteiger partial charge in [-0.1, -0.05) is 11.6 Å². The lowest BCUT2D eigenvalue weighted by molar-refractivity contribution is -0.154. The number of halogens is 1. The predicted molar refractivity (Wildman–Crippen MR) is 64.4 cm³/mol. The Morgan fingerprint density at radius 1 is 1.47 bits per heavy atom. The van der Waals surface area contributed by atoms with Crippen molar-refractivity contribution in [2.45, 2.75) is 13.0 Å². The van der Waals surface area contributed by atoms with Crippen LogP contribution >= 0.6 is 0 Å². The summed E-state index contributed by atoms with van der Waals surface area (Å²) in [7, 11) is 0. The number of carboxylic acid groups (broad SMARTS) is 1. The summed E-state index contributed by atoms with van der Waals surface area (Å²) in [6.45, 7) is 2.09. The van der Waals surface area contributed by atoms with E-state index in [1.54, 1.807) is 13.0 Å². The molecule has 0 aromatic heterocycles. The van der Waals surface area contributed by atoms with Gasteiger partial charge in [-0.05, 0) is 19.1 Å². The molecule has 5 nitrogen and oxygen atoms in total. The number of nitrogens with zero attached hydrogens (tertiary/aromatic N) is 1. The normalized spacial score (nSPS) is 19.3. The van der Waals surface area contributed by atoms with E-state index in [4.69, 9.17) is 9.84 Å². The summed E-state index contributed by atoms with van der Waals surface area (Å²) in [4.78, 5) is 24.3. The number of aliphatic carboxylic acids is 1. The Morgan fingerprint density at radius 2 is 2.21 bits per heavy atom. The number of hydrogen-bond acceptors (Lipinski definition) is 3. The Labute approximate surface area is 109 Å². The highest BCUT2D eigenvalue weighted by atomic mass is 19.1. The summed E-state index contributed by atoms with van der Waals surface area (Å²) in [5, 5.41) is 8.87. The van der Waals surface area contributed by atoms with Gasteiger partial charge in [0.25, 0.3) is 5.91 Å². The van der Waals surface area contributed by atoms with Crippen molar-refractivity contribution in [3.63, 3.8) is 0 Å². The number of carbonyl (C=O) groups excluding carboxylic acids is 1. The molecule has 1 aliphatic heterocycles. The van der Waals surface area contributed by atoms with Crippen LogP contribution in [0.2, 0.25) is 0 Å². The summed E-state index contributed by atoms with van der Waals surface area (Å²) < 4.78 is 18.7. The molecule has 1 aliphatic rings. The lowest BCUT2D eigenvalue weighted by Crippen LogP contribution is -2.48. The second kappa shape index (κ2) is 5.36. The second-order valence-electron chi connectivity index (χ2n) is 4.43. The summed E-state index contributed by atoms with van der Waals surface area (Å²) in [6, 6.07) is 4.27. The van der Waals surface area contributed by atoms with E-state index in [2.05, 4.69) is 0 Å². The van der Waals surface area contributed by atoms with Gasteiger partial charge in [-0.2, -0.15) is 0 Å². The quantitative estimate of drug-likeness (QED) is 0.870. The molecule has 1 N–H and O–H groups in total. The summed E-state index contributed by atoms with van der Waals surface area (Å²) in [6.07, 6.45) is -1.05. The molecule has 1 aromatic carbocycles. The van der Waals surface area contributed by atoms with Crippen molar-refractivity contribution in [3.05, 3.63) is 35.1 Å². The fourth-order valence-electron chi connectivity index (χ4n) is 1.96. The SMILES string of the molecule is Cc1ccc(F)c(C(=O)N2CCOC(C(=O)O)C2)c1. The number of morpholine rings is 1. The van der Waals surface area contributed by atoms with Gasteiger partial charge in [-0.3, -0.25) is 4.79 Å². The van der Waals surface area contributed by atoms with Crippen LogP contribution in [0.15, 0.2) is 18.2 Å². The summed E-state index contributed by atoms with van der Waals surface area (Å²) >= 11 is 0. The fourth-order valence-corrected chi connectivity index (χ4v) is 1.96. The third kappa shape index (κ3) is 2.90. The van der Waals surface area contributed by atoms with Crippen molar-refractivity contribution >= 4 is 11.9 Å². The minimum Gasteiger partial charge on any atom is -0.479 e. The van der Waals surface area contributed by atoms with Crippen molar-refractivity contribution in [3.8, 4) is 0 Å². The molecule has 0 radical (unpaired) electrons. The van der Waals surface area contributed by atoms with Crippen LogP contribution in [0.5, 0.6) is 0 Å². The summed E-state index contributed by atoms with van der Waals surface area (Å²) in [5.74, 6) is -2.23. The molecule has 2 rings (SSSR count). The van der Waals surface area contributed by atoms with Crippen molar-refractivity contribution < 1.29 is 23.8 Å². The maximum atomic E-state index is 13.6. The number of hydrogen-bond donors (Lipinski definition) is 1. The van der Waals surface area contributed by atoms with Gasteiger partial charge >= 0.3 is 5.97 Å². The smallest absolute Gasteiger partial charge is 0.334 e. The Kier molecular flexibility index (Phi) is 3.80. The second-order valence-corrected chi connectivity index (χ2v) is 4.43. The molecule has 0 bridgehead atoms. The minimum absolute atomic E-state index is 0.0361. The van der Waals surface area contributed by atoms with Gasteiger partial charge in [-0.25, -0.2) is 9.18 Å². The zero-order valence-corrected chi connectivity index (χ0v) is 10.4. The maximum absolute atomic E-state index is 13.6. The molecule has 1 heterocycles. The average Bonchev–Trinajstić information content (AvgIpc) is 2.41. The van der Waals surface area contributed by atoms with Crippen molar-refractivity contribution in [1.29, 1.82) is 0 Å². The predicted octanol–water partition coefficient (Wildman–Crippen LogP) is 1.06. The molecule has 1 amide bonds. The highest BCUT2D eigenvalue weighted by molar-refractivity contribution is 5.95. The van der Waals surface area contributed by atoms with Gasteiger partial charge in [0.2, 0.25) is 0 Å². The van der Waals surface area contributed by atoms with Crippen LogP contribution in [0.25, 0.3) is 0 Å². The van der Waals surface area contributed by atoms with Crippen LogP contribution < -0.4 is 0 Å². The van der Waals surface area contributed by atoms with E-state index in [1.165, 1.54) is 17.0 Å². The van der Waals surface area contributed by atoms with Crippen LogP contribution in [0, 0.1) is 12.7 Å². The average molecular weight is 267 g/mol. The van der Waals surface area contributed by atoms with E-state index in [-0.39, 0.29) is 25.3 Å². The van der Waals surface area contributed by atoms with Crippen molar-refractivity contribution in [2.24, 2.45) is 0 Å². The maximum Gasteiger partial charge on any atom is 0.334 e. The van der Waals surface area contributed by atoms with Gasteiger partial charge in [-0.15, -0.1) is 0 Å². The van der Waals surface area contributed by atoms with E-state index >= 15 is 0 Å². The van der Waals surface area contributed by atoms with Crippen LogP contribution in [0.1, 0.15) is 15.9 Å². The fraction of sp³-hybridized carbons (Fsp3) is 0.385. The molecule has 1 atom stereocenters. The van der Waals surface area contributed by atoms with Gasteiger partial charge in [0.15, 0.2) is 6.10 Å². The number of carbonyl (C=O) groups is 2. The molecule has 1 aromatic rings. The lowest BCUT2D eigenvalue weighted by Gasteiger charge is -2.31. The number of ether oxygens (including phenoxy) is 1. The molecule has 6 heteroatoms. The molecule has 1 unspecified atom stereocenters. The monoisotopic (exact) mass is 267 g/mol. The first-order chi connectivity index (χ1) is 8.99. The van der Waals surface area contributed by atoms with Gasteiger partial charge in [0.05, 0.1) is 18.7 Å². The molecular weight excluding hydrogens is 253 g/mol. The number of aryl methyl sites for hydroxylation is 1. The van der Waals surface area contributed by atoms with Gasteiger partial charge < -0.3 is 14.7 Å². The number of amides is 1. The van der Waals surface area contributed by atoms with Gasteiger partial charge in [0, 0.05) is 6.54 Å². The molecule has 19 heavy (non-hydrogen) atoms. The number of benzene rings is 1. The first-order valence-corrected chi connectivity index (χ1v) is 5.89. The van der Waals surface area contributed by atoms with Crippen molar-refractivity contribution in [1.82, 2.24) is 4.90 Å². The zero-order valence-electron chi connectivity index (χ0n) is 10.4. The topological polar surface area (TPSA) is 66.8 Å². The zero-order chi connectivity index (χ0) is 14.0. The minimum atomic E-state index is -1.12. The molecule has 1 fully saturated rings. The van der Waals surface area contributed by atoms with Crippen LogP contribution in [-0.2, 0) is 9.53 Å². The van der Waals surface area contributed by atoms with E-state index in [0.29, 0.717) is 0 Å². The first-order valence-electron chi connectivity index (χ1n) is 5.89. The Balaban J connectivity index is 2.19. The largest absolute Gasteiger partial charge is 0.479 e. The van der Waals surface area contributed by atoms with E-state index in [9.17, 15) is 14.0 Å². The third-order valence-corrected chi connectivity index (χ3v) is 2.98. The highest BCUT2D eigenvalue weighted by Gasteiger charge is 2.30. The standard InChI is InChI=1S/C13H14FNO4/c1-8-2-3-10(14)9(6-8)12(16)15-4-5-19-11(7-15)13(17)18/h2-3,6,11H,4-5,7H2,1H3,(H,17,18). The Bertz CT molecular complexity index is 517. The lowest BCUT2D eigenvalue weighted by atomic mass is 10.1. The van der Waals surface area contributed by atoms with Crippen LogP contribution in [-0.4, -0.2) is 47.7 Å². The molecular formula is C13H14FNO4. The molecule has 0 saturated carbocycles. The molecule has 102 valence electrons. The Morgan fingerprint density at radius 3 is 2.89 bits per heavy atom. The van der Waals surface area contributed by atoms with E-state index in [1.807, 2.05) is 0 Å². The number of carboxylic acids is 1. The molecule has 1 saturated heterocycles.